The molecule has 0 unspecified atom stereocenters. The van der Waals surface area contributed by atoms with Gasteiger partial charge in [-0.1, -0.05) is 12.1 Å². The Balaban J connectivity index is 0.000000720. The van der Waals surface area contributed by atoms with Crippen molar-refractivity contribution in [2.24, 2.45) is 0 Å². The minimum absolute atomic E-state index is 0. The Labute approximate surface area is 89.3 Å². The van der Waals surface area contributed by atoms with E-state index in [1.54, 1.807) is 24.3 Å². The van der Waals surface area contributed by atoms with E-state index in [0.29, 0.717) is 11.3 Å². The van der Waals surface area contributed by atoms with Gasteiger partial charge in [-0.15, -0.1) is 0 Å². The number of para-hydroxylation sites is 1. The van der Waals surface area contributed by atoms with E-state index in [0.717, 1.165) is 0 Å². The fraction of sp³-hybridized carbons (Fsp3) is 0. The van der Waals surface area contributed by atoms with Crippen LogP contribution in [0, 0.1) is 0 Å². The summed E-state index contributed by atoms with van der Waals surface area (Å²) in [6, 6.07) is 6.85. The molecular weight excluding hydrogens is 349 g/mol. The molecule has 1 aromatic carbocycles. The summed E-state index contributed by atoms with van der Waals surface area (Å²) in [5, 5.41) is 2.46. The molecule has 1 aliphatic rings. The van der Waals surface area contributed by atoms with Gasteiger partial charge >= 0.3 is 27.3 Å². The second-order valence-electron chi connectivity index (χ2n) is 2.33. The zero-order valence-electron chi connectivity index (χ0n) is 6.33. The van der Waals surface area contributed by atoms with E-state index in [4.69, 9.17) is 0 Å². The first-order chi connectivity index (χ1) is 5.29. The summed E-state index contributed by atoms with van der Waals surface area (Å²) >= 11 is 0. The van der Waals surface area contributed by atoms with Crippen molar-refractivity contribution in [1.82, 2.24) is 0 Å². The summed E-state index contributed by atoms with van der Waals surface area (Å²) in [5.74, 6) is -0.980. The van der Waals surface area contributed by atoms with Crippen LogP contribution in [0.5, 0.6) is 0 Å². The van der Waals surface area contributed by atoms with Crippen LogP contribution in [-0.4, -0.2) is 39.0 Å². The molecule has 3 nitrogen and oxygen atoms in total. The van der Waals surface area contributed by atoms with E-state index < -0.39 is 11.7 Å². The monoisotopic (exact) mass is 357 g/mol. The summed E-state index contributed by atoms with van der Waals surface area (Å²) in [6.45, 7) is 0. The van der Waals surface area contributed by atoms with Gasteiger partial charge in [0.05, 0.1) is 11.3 Å². The van der Waals surface area contributed by atoms with Gasteiger partial charge in [0, 0.05) is 0 Å². The number of fused-ring (bicyclic) bond motifs is 1. The Bertz CT molecular complexity index is 349. The number of carbonyl (C=O) groups is 2. The van der Waals surface area contributed by atoms with Crippen molar-refractivity contribution < 1.29 is 9.59 Å². The third-order valence-corrected chi connectivity index (χ3v) is 1.63. The van der Waals surface area contributed by atoms with Gasteiger partial charge in [-0.2, -0.15) is 0 Å². The fourth-order valence-electron chi connectivity index (χ4n) is 1.09. The average Bonchev–Trinajstić information content (AvgIpc) is 2.30. The predicted octanol–water partition coefficient (Wildman–Crippen LogP) is -0.0948. The number of hydrogen-bond donors (Lipinski definition) is 1. The molecule has 2 rings (SSSR count). The second kappa shape index (κ2) is 3.34. The standard InChI is InChI=1S/C8H5NO2.Pb.2H/c10-7-5-3-1-2-4-6(5)9-8(7)11;;;/h1-4H,(H,9,10,11);;;. The quantitative estimate of drug-likeness (QED) is 0.522. The van der Waals surface area contributed by atoms with Crippen molar-refractivity contribution in [3.05, 3.63) is 29.8 Å². The van der Waals surface area contributed by atoms with Crippen LogP contribution >= 0.6 is 0 Å². The van der Waals surface area contributed by atoms with Gasteiger partial charge in [0.2, 0.25) is 0 Å². The molecule has 0 fully saturated rings. The third kappa shape index (κ3) is 1.28. The van der Waals surface area contributed by atoms with Crippen molar-refractivity contribution in [3.63, 3.8) is 0 Å². The number of rotatable bonds is 0. The van der Waals surface area contributed by atoms with Crippen LogP contribution < -0.4 is 5.32 Å². The first-order valence-corrected chi connectivity index (χ1v) is 3.24. The predicted molar refractivity (Wildman–Crippen MR) is 47.9 cm³/mol. The first kappa shape index (κ1) is 9.37. The Kier molecular flexibility index (Phi) is 2.61. The molecule has 1 aromatic rings. The molecule has 4 heteroatoms. The second-order valence-corrected chi connectivity index (χ2v) is 2.33. The molecule has 1 amide bonds. The molecule has 1 N–H and O–H groups in total. The van der Waals surface area contributed by atoms with Gasteiger partial charge in [0.25, 0.3) is 11.7 Å². The third-order valence-electron chi connectivity index (χ3n) is 1.63. The molecular formula is C8H7NO2Pb. The molecule has 0 aromatic heterocycles. The van der Waals surface area contributed by atoms with Crippen molar-refractivity contribution in [1.29, 1.82) is 0 Å². The molecule has 1 heterocycles. The van der Waals surface area contributed by atoms with Crippen LogP contribution in [0.15, 0.2) is 24.3 Å². The molecule has 0 bridgehead atoms. The number of nitrogens with one attached hydrogen (secondary N) is 1. The van der Waals surface area contributed by atoms with E-state index in [1.807, 2.05) is 0 Å². The Morgan fingerprint density at radius 2 is 1.75 bits per heavy atom. The van der Waals surface area contributed by atoms with E-state index >= 15 is 0 Å². The number of ketones is 1. The van der Waals surface area contributed by atoms with Gasteiger partial charge in [-0.3, -0.25) is 9.59 Å². The van der Waals surface area contributed by atoms with E-state index in [1.165, 1.54) is 0 Å². The van der Waals surface area contributed by atoms with Crippen molar-refractivity contribution in [3.8, 4) is 0 Å². The molecule has 1 aliphatic heterocycles. The van der Waals surface area contributed by atoms with Crippen LogP contribution in [0.3, 0.4) is 0 Å². The van der Waals surface area contributed by atoms with Crippen molar-refractivity contribution >= 4 is 44.7 Å². The molecule has 0 saturated heterocycles. The molecule has 0 atom stereocenters. The molecule has 12 heavy (non-hydrogen) atoms. The zero-order chi connectivity index (χ0) is 7.84. The fourth-order valence-corrected chi connectivity index (χ4v) is 1.09. The number of hydrogen-bond acceptors (Lipinski definition) is 2. The number of Topliss-reactive ketones (excluding diaryl/α,β-unsaturated/α-hetero) is 1. The van der Waals surface area contributed by atoms with Crippen molar-refractivity contribution in [2.75, 3.05) is 5.32 Å². The van der Waals surface area contributed by atoms with Gasteiger partial charge in [-0.25, -0.2) is 0 Å². The Morgan fingerprint density at radius 3 is 2.42 bits per heavy atom. The summed E-state index contributed by atoms with van der Waals surface area (Å²) in [5.41, 5.74) is 1.08. The van der Waals surface area contributed by atoms with Gasteiger partial charge in [0.1, 0.15) is 0 Å². The van der Waals surface area contributed by atoms with Crippen LogP contribution in [0.1, 0.15) is 10.4 Å². The number of anilines is 1. The first-order valence-electron chi connectivity index (χ1n) is 3.24. The number of amides is 1. The number of carbonyl (C=O) groups excluding carboxylic acids is 2. The topological polar surface area (TPSA) is 46.2 Å². The molecule has 0 saturated carbocycles. The van der Waals surface area contributed by atoms with Gasteiger partial charge in [-0.05, 0) is 12.1 Å². The van der Waals surface area contributed by atoms with E-state index in [-0.39, 0.29) is 27.3 Å². The molecule has 60 valence electrons. The van der Waals surface area contributed by atoms with Crippen LogP contribution in [0.25, 0.3) is 0 Å². The van der Waals surface area contributed by atoms with Crippen LogP contribution in [-0.2, 0) is 4.79 Å². The van der Waals surface area contributed by atoms with E-state index in [2.05, 4.69) is 5.32 Å². The molecule has 0 aliphatic carbocycles. The van der Waals surface area contributed by atoms with E-state index in [9.17, 15) is 9.59 Å². The zero-order valence-corrected chi connectivity index (χ0v) is 11.8. The van der Waals surface area contributed by atoms with Gasteiger partial charge in [0.15, 0.2) is 0 Å². The van der Waals surface area contributed by atoms with Crippen molar-refractivity contribution in [2.45, 2.75) is 0 Å². The number of benzene rings is 1. The summed E-state index contributed by atoms with van der Waals surface area (Å²) < 4.78 is 0. The Hall–Kier alpha value is -0.718. The summed E-state index contributed by atoms with van der Waals surface area (Å²) in [7, 11) is 0. The molecule has 0 spiro atoms. The van der Waals surface area contributed by atoms with Crippen LogP contribution in [0.4, 0.5) is 5.69 Å². The maximum atomic E-state index is 11.0. The maximum absolute atomic E-state index is 11.0. The normalized spacial score (nSPS) is 13.3. The summed E-state index contributed by atoms with van der Waals surface area (Å²) in [4.78, 5) is 21.8. The molecule has 2 radical (unpaired) electrons. The average molecular weight is 356 g/mol. The van der Waals surface area contributed by atoms with Gasteiger partial charge < -0.3 is 5.32 Å². The SMILES string of the molecule is O=C1Nc2ccccc2C1=O.[PbH2]. The summed E-state index contributed by atoms with van der Waals surface area (Å²) in [6.07, 6.45) is 0. The van der Waals surface area contributed by atoms with Crippen LogP contribution in [0.2, 0.25) is 0 Å². The Morgan fingerprint density at radius 1 is 1.08 bits per heavy atom. The minimum atomic E-state index is -0.536.